The molecule has 0 radical (unpaired) electrons. The van der Waals surface area contributed by atoms with Crippen LogP contribution in [0.5, 0.6) is 5.75 Å². The Balaban J connectivity index is 2.50. The maximum atomic E-state index is 12.4. The molecule has 0 heterocycles. The number of carbonyl (C=O) groups is 1. The minimum Gasteiger partial charge on any atom is -0.507 e. The van der Waals surface area contributed by atoms with Crippen LogP contribution in [0.2, 0.25) is 0 Å². The number of sulfonamides is 1. The van der Waals surface area contributed by atoms with Gasteiger partial charge in [-0.25, -0.2) is 13.2 Å². The second-order valence-corrected chi connectivity index (χ2v) is 9.60. The molecule has 2 N–H and O–H groups in total. The van der Waals surface area contributed by atoms with E-state index in [0.717, 1.165) is 16.1 Å². The number of anilines is 1. The number of carboxylic acids is 1. The highest BCUT2D eigenvalue weighted by Crippen LogP contribution is 2.30. The number of nitrogens with zero attached hydrogens (tertiary/aromatic N) is 1. The van der Waals surface area contributed by atoms with E-state index in [2.05, 4.69) is 20.8 Å². The van der Waals surface area contributed by atoms with E-state index in [4.69, 9.17) is 0 Å². The Morgan fingerprint density at radius 1 is 1.11 bits per heavy atom. The molecule has 6 nitrogen and oxygen atoms in total. The molecule has 0 amide bonds. The van der Waals surface area contributed by atoms with Gasteiger partial charge in [-0.2, -0.15) is 0 Å². The lowest BCUT2D eigenvalue weighted by molar-refractivity contribution is 0.0693. The van der Waals surface area contributed by atoms with Crippen molar-refractivity contribution in [1.82, 2.24) is 0 Å². The Labute approximate surface area is 160 Å². The predicted octanol–water partition coefficient (Wildman–Crippen LogP) is 3.66. The summed E-state index contributed by atoms with van der Waals surface area (Å²) >= 11 is 0. The SMILES string of the molecule is Cc1cc(CN(c2ccc(C(C)(C)C)cc2)S(C)(=O)=O)c(O)c(C(=O)O)c1. The number of hydrogen-bond donors (Lipinski definition) is 2. The molecule has 0 aliphatic rings. The van der Waals surface area contributed by atoms with Crippen molar-refractivity contribution in [3.8, 4) is 5.75 Å². The molecule has 7 heteroatoms. The molecule has 0 saturated carbocycles. The summed E-state index contributed by atoms with van der Waals surface area (Å²) in [6, 6.07) is 10.1. The first kappa shape index (κ1) is 20.8. The number of carboxylic acid groups (broad SMARTS) is 1. The van der Waals surface area contributed by atoms with Crippen molar-refractivity contribution in [2.24, 2.45) is 0 Å². The summed E-state index contributed by atoms with van der Waals surface area (Å²) < 4.78 is 25.9. The fourth-order valence-corrected chi connectivity index (χ4v) is 3.70. The highest BCUT2D eigenvalue weighted by Gasteiger charge is 2.23. The van der Waals surface area contributed by atoms with Gasteiger partial charge in [0.1, 0.15) is 11.3 Å². The molecule has 146 valence electrons. The molecular formula is C20H25NO5S. The fourth-order valence-electron chi connectivity index (χ4n) is 2.82. The molecule has 0 fully saturated rings. The van der Waals surface area contributed by atoms with Gasteiger partial charge in [-0.3, -0.25) is 4.31 Å². The third kappa shape index (κ3) is 4.80. The molecule has 0 saturated heterocycles. The van der Waals surface area contributed by atoms with Crippen LogP contribution in [0.15, 0.2) is 36.4 Å². The topological polar surface area (TPSA) is 94.9 Å². The molecule has 0 spiro atoms. The van der Waals surface area contributed by atoms with Crippen molar-refractivity contribution in [2.45, 2.75) is 39.7 Å². The highest BCUT2D eigenvalue weighted by molar-refractivity contribution is 7.92. The number of benzene rings is 2. The molecule has 0 aliphatic carbocycles. The average Bonchev–Trinajstić information content (AvgIpc) is 2.53. The van der Waals surface area contributed by atoms with Crippen LogP contribution in [-0.4, -0.2) is 30.9 Å². The van der Waals surface area contributed by atoms with Gasteiger partial charge in [0.2, 0.25) is 10.0 Å². The van der Waals surface area contributed by atoms with E-state index in [1.165, 1.54) is 6.07 Å². The first-order valence-corrected chi connectivity index (χ1v) is 10.3. The van der Waals surface area contributed by atoms with E-state index in [1.54, 1.807) is 25.1 Å². The van der Waals surface area contributed by atoms with Crippen molar-refractivity contribution in [2.75, 3.05) is 10.6 Å². The number of phenols is 1. The van der Waals surface area contributed by atoms with Gasteiger partial charge in [0.15, 0.2) is 0 Å². The molecule has 2 aromatic carbocycles. The maximum Gasteiger partial charge on any atom is 0.339 e. The molecule has 0 bridgehead atoms. The summed E-state index contributed by atoms with van der Waals surface area (Å²) in [7, 11) is -3.65. The Morgan fingerprint density at radius 3 is 2.11 bits per heavy atom. The molecule has 0 aliphatic heterocycles. The smallest absolute Gasteiger partial charge is 0.339 e. The Hall–Kier alpha value is -2.54. The van der Waals surface area contributed by atoms with Crippen molar-refractivity contribution < 1.29 is 23.4 Å². The second kappa shape index (κ2) is 7.23. The summed E-state index contributed by atoms with van der Waals surface area (Å²) in [5.74, 6) is -1.69. The van der Waals surface area contributed by atoms with E-state index in [9.17, 15) is 23.4 Å². The van der Waals surface area contributed by atoms with E-state index < -0.39 is 21.7 Å². The van der Waals surface area contributed by atoms with Crippen LogP contribution in [0.4, 0.5) is 5.69 Å². The summed E-state index contributed by atoms with van der Waals surface area (Å²) in [6.45, 7) is 7.72. The van der Waals surface area contributed by atoms with Crippen LogP contribution in [0, 0.1) is 6.92 Å². The molecule has 2 rings (SSSR count). The number of aromatic hydroxyl groups is 1. The first-order valence-electron chi connectivity index (χ1n) is 8.44. The molecule has 0 unspecified atom stereocenters. The zero-order valence-electron chi connectivity index (χ0n) is 16.1. The van der Waals surface area contributed by atoms with Gasteiger partial charge in [-0.1, -0.05) is 39.0 Å². The normalized spacial score (nSPS) is 12.0. The quantitative estimate of drug-likeness (QED) is 0.811. The van der Waals surface area contributed by atoms with Crippen molar-refractivity contribution in [3.63, 3.8) is 0 Å². The second-order valence-electron chi connectivity index (χ2n) is 7.69. The van der Waals surface area contributed by atoms with E-state index in [-0.39, 0.29) is 23.1 Å². The average molecular weight is 391 g/mol. The summed E-state index contributed by atoms with van der Waals surface area (Å²) in [6.07, 6.45) is 1.08. The number of hydrogen-bond acceptors (Lipinski definition) is 4. The third-order valence-electron chi connectivity index (χ3n) is 4.30. The van der Waals surface area contributed by atoms with E-state index in [1.807, 2.05) is 12.1 Å². The number of rotatable bonds is 5. The number of aryl methyl sites for hydroxylation is 1. The van der Waals surface area contributed by atoms with Gasteiger partial charge in [-0.15, -0.1) is 0 Å². The van der Waals surface area contributed by atoms with Crippen LogP contribution in [0.25, 0.3) is 0 Å². The van der Waals surface area contributed by atoms with Gasteiger partial charge >= 0.3 is 5.97 Å². The first-order chi connectivity index (χ1) is 12.3. The van der Waals surface area contributed by atoms with Gasteiger partial charge in [0, 0.05) is 5.56 Å². The minimum atomic E-state index is -3.65. The fraction of sp³-hybridized carbons (Fsp3) is 0.350. The monoisotopic (exact) mass is 391 g/mol. The lowest BCUT2D eigenvalue weighted by atomic mass is 9.87. The van der Waals surface area contributed by atoms with Crippen LogP contribution in [-0.2, 0) is 22.0 Å². The summed E-state index contributed by atoms with van der Waals surface area (Å²) in [5, 5.41) is 19.5. The van der Waals surface area contributed by atoms with Gasteiger partial charge in [0.05, 0.1) is 18.5 Å². The predicted molar refractivity (Wildman–Crippen MR) is 106 cm³/mol. The van der Waals surface area contributed by atoms with Crippen LogP contribution < -0.4 is 4.31 Å². The molecule has 0 aromatic heterocycles. The van der Waals surface area contributed by atoms with E-state index >= 15 is 0 Å². The Bertz CT molecular complexity index is 957. The zero-order chi connectivity index (χ0) is 20.6. The number of aromatic carboxylic acids is 1. The van der Waals surface area contributed by atoms with Gasteiger partial charge in [-0.05, 0) is 41.7 Å². The third-order valence-corrected chi connectivity index (χ3v) is 5.44. The van der Waals surface area contributed by atoms with E-state index in [0.29, 0.717) is 11.3 Å². The lowest BCUT2D eigenvalue weighted by Crippen LogP contribution is -2.29. The van der Waals surface area contributed by atoms with Crippen molar-refractivity contribution in [3.05, 3.63) is 58.7 Å². The standard InChI is InChI=1S/C20H25NO5S/c1-13-10-14(18(22)17(11-13)19(23)24)12-21(27(5,25)26)16-8-6-15(7-9-16)20(2,3)4/h6-11,22H,12H2,1-5H3,(H,23,24). The minimum absolute atomic E-state index is 0.0698. The molecule has 0 atom stereocenters. The molecular weight excluding hydrogens is 366 g/mol. The zero-order valence-corrected chi connectivity index (χ0v) is 17.0. The van der Waals surface area contributed by atoms with Crippen LogP contribution >= 0.6 is 0 Å². The lowest BCUT2D eigenvalue weighted by Gasteiger charge is -2.25. The Kier molecular flexibility index (Phi) is 5.56. The largest absolute Gasteiger partial charge is 0.507 e. The van der Waals surface area contributed by atoms with Crippen molar-refractivity contribution >= 4 is 21.7 Å². The summed E-state index contributed by atoms with van der Waals surface area (Å²) in [4.78, 5) is 11.3. The molecule has 2 aromatic rings. The van der Waals surface area contributed by atoms with Gasteiger partial charge in [0.25, 0.3) is 0 Å². The van der Waals surface area contributed by atoms with Crippen molar-refractivity contribution in [1.29, 1.82) is 0 Å². The van der Waals surface area contributed by atoms with Gasteiger partial charge < -0.3 is 10.2 Å². The highest BCUT2D eigenvalue weighted by atomic mass is 32.2. The van der Waals surface area contributed by atoms with Crippen LogP contribution in [0.1, 0.15) is 47.8 Å². The molecule has 27 heavy (non-hydrogen) atoms. The van der Waals surface area contributed by atoms with Crippen LogP contribution in [0.3, 0.4) is 0 Å². The maximum absolute atomic E-state index is 12.4. The Morgan fingerprint density at radius 2 is 1.67 bits per heavy atom. The summed E-state index contributed by atoms with van der Waals surface area (Å²) in [5.41, 5.74) is 2.05.